The van der Waals surface area contributed by atoms with Gasteiger partial charge < -0.3 is 16.2 Å². The van der Waals surface area contributed by atoms with Crippen LogP contribution in [-0.2, 0) is 34.2 Å². The lowest BCUT2D eigenvalue weighted by Crippen LogP contribution is -2.22. The number of carboxylic acids is 1. The molecular weight excluding hydrogens is 412 g/mol. The van der Waals surface area contributed by atoms with E-state index in [2.05, 4.69) is 12.2 Å². The van der Waals surface area contributed by atoms with Crippen molar-refractivity contribution in [1.82, 2.24) is 0 Å². The summed E-state index contributed by atoms with van der Waals surface area (Å²) in [6.07, 6.45) is 2.58. The molecule has 1 aliphatic rings. The van der Waals surface area contributed by atoms with Crippen LogP contribution in [0.3, 0.4) is 0 Å². The maximum atomic E-state index is 12.4. The van der Waals surface area contributed by atoms with Crippen LogP contribution in [0.5, 0.6) is 0 Å². The van der Waals surface area contributed by atoms with Crippen molar-refractivity contribution in [2.75, 3.05) is 11.1 Å². The second kappa shape index (κ2) is 8.87. The minimum Gasteiger partial charge on any atom is -0.478 e. The SMILES string of the molecule is CC1CCc2c(sc(NC(=O)CS(=O)Cc3cccc(C(=O)O)c3)c2C(N)=O)C1. The van der Waals surface area contributed by atoms with E-state index in [1.54, 1.807) is 12.1 Å². The molecule has 0 fully saturated rings. The normalized spacial score (nSPS) is 16.7. The number of carbonyl (C=O) groups is 3. The number of hydrogen-bond donors (Lipinski definition) is 3. The topological polar surface area (TPSA) is 127 Å². The van der Waals surface area contributed by atoms with E-state index >= 15 is 0 Å². The number of amides is 2. The van der Waals surface area contributed by atoms with Gasteiger partial charge in [-0.3, -0.25) is 13.8 Å². The summed E-state index contributed by atoms with van der Waals surface area (Å²) in [6, 6.07) is 6.14. The van der Waals surface area contributed by atoms with E-state index in [9.17, 15) is 18.6 Å². The first-order valence-corrected chi connectivity index (χ1v) is 11.5. The van der Waals surface area contributed by atoms with Crippen LogP contribution in [0.2, 0.25) is 0 Å². The van der Waals surface area contributed by atoms with E-state index in [1.807, 2.05) is 0 Å². The lowest BCUT2D eigenvalue weighted by molar-refractivity contribution is -0.113. The number of fused-ring (bicyclic) bond motifs is 1. The molecule has 1 aromatic heterocycles. The van der Waals surface area contributed by atoms with Gasteiger partial charge in [0.15, 0.2) is 0 Å². The third-order valence-corrected chi connectivity index (χ3v) is 7.21. The number of benzene rings is 1. The van der Waals surface area contributed by atoms with Crippen molar-refractivity contribution in [3.63, 3.8) is 0 Å². The molecule has 7 nitrogen and oxygen atoms in total. The van der Waals surface area contributed by atoms with Crippen LogP contribution < -0.4 is 11.1 Å². The second-order valence-corrected chi connectivity index (χ2v) is 9.76. The molecular formula is C20H22N2O5S2. The number of nitrogens with two attached hydrogens (primary N) is 1. The summed E-state index contributed by atoms with van der Waals surface area (Å²) in [6.45, 7) is 2.15. The maximum Gasteiger partial charge on any atom is 0.335 e. The van der Waals surface area contributed by atoms with E-state index in [4.69, 9.17) is 10.8 Å². The molecule has 0 radical (unpaired) electrons. The Balaban J connectivity index is 1.68. The average molecular weight is 435 g/mol. The molecule has 0 saturated heterocycles. The molecule has 29 heavy (non-hydrogen) atoms. The summed E-state index contributed by atoms with van der Waals surface area (Å²) >= 11 is 1.36. The van der Waals surface area contributed by atoms with Crippen molar-refractivity contribution in [2.45, 2.75) is 31.9 Å². The Morgan fingerprint density at radius 2 is 2.10 bits per heavy atom. The zero-order valence-corrected chi connectivity index (χ0v) is 17.5. The third kappa shape index (κ3) is 5.10. The molecule has 4 N–H and O–H groups in total. The Kier molecular flexibility index (Phi) is 6.49. The monoisotopic (exact) mass is 434 g/mol. The molecule has 3 rings (SSSR count). The molecule has 0 bridgehead atoms. The number of anilines is 1. The molecule has 9 heteroatoms. The van der Waals surface area contributed by atoms with Gasteiger partial charge in [-0.05, 0) is 48.4 Å². The Hall–Kier alpha value is -2.52. The van der Waals surface area contributed by atoms with Gasteiger partial charge in [-0.15, -0.1) is 11.3 Å². The molecule has 1 aliphatic carbocycles. The van der Waals surface area contributed by atoms with Crippen LogP contribution >= 0.6 is 11.3 Å². The Bertz CT molecular complexity index is 999. The zero-order chi connectivity index (χ0) is 21.1. The van der Waals surface area contributed by atoms with E-state index < -0.39 is 28.6 Å². The highest BCUT2D eigenvalue weighted by Gasteiger charge is 2.27. The van der Waals surface area contributed by atoms with E-state index in [0.717, 1.165) is 29.7 Å². The minimum atomic E-state index is -1.53. The summed E-state index contributed by atoms with van der Waals surface area (Å²) in [5.41, 5.74) is 7.51. The first-order valence-electron chi connectivity index (χ1n) is 9.16. The molecule has 154 valence electrons. The minimum absolute atomic E-state index is 0.0652. The molecule has 0 spiro atoms. The predicted octanol–water partition coefficient (Wildman–Crippen LogP) is 2.56. The van der Waals surface area contributed by atoms with Gasteiger partial charge in [0.05, 0.1) is 11.1 Å². The van der Waals surface area contributed by atoms with E-state index in [1.165, 1.54) is 23.5 Å². The van der Waals surface area contributed by atoms with Gasteiger partial charge in [0.2, 0.25) is 5.91 Å². The second-order valence-electron chi connectivity index (χ2n) is 7.20. The third-order valence-electron chi connectivity index (χ3n) is 4.80. The smallest absolute Gasteiger partial charge is 0.335 e. The van der Waals surface area contributed by atoms with Crippen molar-refractivity contribution < 1.29 is 23.7 Å². The van der Waals surface area contributed by atoms with Crippen molar-refractivity contribution in [1.29, 1.82) is 0 Å². The number of carbonyl (C=O) groups excluding carboxylic acids is 2. The van der Waals surface area contributed by atoms with Gasteiger partial charge >= 0.3 is 5.97 Å². The number of rotatable bonds is 7. The van der Waals surface area contributed by atoms with Gasteiger partial charge in [-0.1, -0.05) is 19.1 Å². The number of carboxylic acid groups (broad SMARTS) is 1. The summed E-state index contributed by atoms with van der Waals surface area (Å²) < 4.78 is 12.4. The molecule has 2 amide bonds. The molecule has 1 heterocycles. The molecule has 2 unspecified atom stereocenters. The first-order chi connectivity index (χ1) is 13.7. The Morgan fingerprint density at radius 1 is 1.34 bits per heavy atom. The van der Waals surface area contributed by atoms with E-state index in [-0.39, 0.29) is 17.1 Å². The van der Waals surface area contributed by atoms with Gasteiger partial charge in [-0.2, -0.15) is 0 Å². The lowest BCUT2D eigenvalue weighted by atomic mass is 9.88. The highest BCUT2D eigenvalue weighted by Crippen LogP contribution is 2.39. The summed E-state index contributed by atoms with van der Waals surface area (Å²) in [5.74, 6) is -1.78. The fourth-order valence-corrected chi connectivity index (χ4v) is 5.89. The van der Waals surface area contributed by atoms with Crippen LogP contribution in [0.4, 0.5) is 5.00 Å². The molecule has 0 saturated carbocycles. The molecule has 1 aromatic carbocycles. The lowest BCUT2D eigenvalue weighted by Gasteiger charge is -2.18. The fourth-order valence-electron chi connectivity index (χ4n) is 3.44. The number of nitrogens with one attached hydrogen (secondary N) is 1. The highest BCUT2D eigenvalue weighted by molar-refractivity contribution is 7.85. The van der Waals surface area contributed by atoms with Crippen molar-refractivity contribution in [3.8, 4) is 0 Å². The summed E-state index contributed by atoms with van der Waals surface area (Å²) in [7, 11) is -1.53. The fraction of sp³-hybridized carbons (Fsp3) is 0.350. The van der Waals surface area contributed by atoms with Crippen molar-refractivity contribution in [3.05, 3.63) is 51.4 Å². The predicted molar refractivity (Wildman–Crippen MR) is 113 cm³/mol. The quantitative estimate of drug-likeness (QED) is 0.617. The van der Waals surface area contributed by atoms with Crippen molar-refractivity contribution >= 4 is 44.9 Å². The number of primary amides is 1. The van der Waals surface area contributed by atoms with Crippen LogP contribution in [0.25, 0.3) is 0 Å². The highest BCUT2D eigenvalue weighted by atomic mass is 32.2. The molecule has 2 atom stereocenters. The number of hydrogen-bond acceptors (Lipinski definition) is 5. The van der Waals surface area contributed by atoms with Crippen molar-refractivity contribution in [2.24, 2.45) is 11.7 Å². The van der Waals surface area contributed by atoms with Crippen LogP contribution in [-0.4, -0.2) is 32.9 Å². The van der Waals surface area contributed by atoms with Gasteiger partial charge in [-0.25, -0.2) is 4.79 Å². The Labute approximate surface area is 174 Å². The van der Waals surface area contributed by atoms with E-state index in [0.29, 0.717) is 22.0 Å². The largest absolute Gasteiger partial charge is 0.478 e. The van der Waals surface area contributed by atoms with Crippen LogP contribution in [0.1, 0.15) is 50.1 Å². The average Bonchev–Trinajstić information content (AvgIpc) is 2.98. The number of aromatic carboxylic acids is 1. The Morgan fingerprint density at radius 3 is 2.79 bits per heavy atom. The summed E-state index contributed by atoms with van der Waals surface area (Å²) in [4.78, 5) is 36.4. The molecule has 0 aliphatic heterocycles. The van der Waals surface area contributed by atoms with Crippen LogP contribution in [0.15, 0.2) is 24.3 Å². The van der Waals surface area contributed by atoms with Gasteiger partial charge in [0.1, 0.15) is 10.8 Å². The standard InChI is InChI=1S/C20H22N2O5S2/c1-11-5-6-14-15(7-11)28-19(17(14)18(21)24)22-16(23)10-29(27)9-12-3-2-4-13(8-12)20(25)26/h2-4,8,11H,5-7,9-10H2,1H3,(H2,21,24)(H,22,23)(H,25,26). The number of thiophene rings is 1. The first kappa shape index (κ1) is 21.2. The van der Waals surface area contributed by atoms with Gasteiger partial charge in [0.25, 0.3) is 5.91 Å². The zero-order valence-electron chi connectivity index (χ0n) is 15.9. The maximum absolute atomic E-state index is 12.4. The summed E-state index contributed by atoms with van der Waals surface area (Å²) in [5, 5.41) is 12.2. The van der Waals surface area contributed by atoms with Gasteiger partial charge in [0, 0.05) is 21.4 Å². The van der Waals surface area contributed by atoms with Crippen LogP contribution in [0, 0.1) is 5.92 Å². The molecule has 2 aromatic rings.